The maximum atomic E-state index is 11.6. The zero-order valence-electron chi connectivity index (χ0n) is 18.7. The molecule has 0 aliphatic heterocycles. The van der Waals surface area contributed by atoms with Crippen LogP contribution in [0.5, 0.6) is 0 Å². The van der Waals surface area contributed by atoms with Crippen LogP contribution in [0.25, 0.3) is 0 Å². The second-order valence-corrected chi connectivity index (χ2v) is 8.16. The number of hydrogen-bond acceptors (Lipinski definition) is 2. The van der Waals surface area contributed by atoms with Crippen molar-refractivity contribution in [3.8, 4) is 0 Å². The molecular weight excluding hydrogens is 411 g/mol. The third-order valence-electron chi connectivity index (χ3n) is 3.90. The van der Waals surface area contributed by atoms with Gasteiger partial charge in [-0.2, -0.15) is 0 Å². The van der Waals surface area contributed by atoms with E-state index in [1.165, 1.54) is 0 Å². The number of nitrogens with one attached hydrogen (secondary N) is 2. The molecule has 0 fully saturated rings. The van der Waals surface area contributed by atoms with E-state index in [4.69, 9.17) is 9.79 Å². The monoisotopic (exact) mass is 450 g/mol. The van der Waals surface area contributed by atoms with Crippen LogP contribution in [0.4, 0.5) is 0 Å². The van der Waals surface area contributed by atoms with Crippen LogP contribution >= 0.6 is 7.75 Å². The van der Waals surface area contributed by atoms with Gasteiger partial charge in [-0.3, -0.25) is 4.79 Å². The van der Waals surface area contributed by atoms with Crippen LogP contribution in [0.15, 0.2) is 72.9 Å². The van der Waals surface area contributed by atoms with Crippen molar-refractivity contribution in [1.82, 2.24) is 10.4 Å². The Morgan fingerprint density at radius 2 is 1.13 bits per heavy atom. The van der Waals surface area contributed by atoms with Gasteiger partial charge in [0.25, 0.3) is 0 Å². The summed E-state index contributed by atoms with van der Waals surface area (Å²) in [6, 6.07) is 0. The highest BCUT2D eigenvalue weighted by Gasteiger charge is 2.10. The van der Waals surface area contributed by atoms with Gasteiger partial charge in [0, 0.05) is 19.5 Å². The van der Waals surface area contributed by atoms with Crippen LogP contribution in [0.3, 0.4) is 0 Å². The third-order valence-corrected chi connectivity index (χ3v) is 4.54. The molecule has 0 rings (SSSR count). The normalized spacial score (nSPS) is 13.3. The van der Waals surface area contributed by atoms with Crippen molar-refractivity contribution in [2.75, 3.05) is 13.1 Å². The number of amides is 1. The summed E-state index contributed by atoms with van der Waals surface area (Å²) in [6.45, 7) is 2.37. The quantitative estimate of drug-likeness (QED) is 0.130. The van der Waals surface area contributed by atoms with E-state index in [1.54, 1.807) is 0 Å². The first kappa shape index (κ1) is 29.0. The smallest absolute Gasteiger partial charge is 0.355 e. The molecule has 0 aromatic carbocycles. The van der Waals surface area contributed by atoms with Crippen molar-refractivity contribution in [3.05, 3.63) is 72.9 Å². The molecule has 0 atom stereocenters. The van der Waals surface area contributed by atoms with E-state index in [9.17, 15) is 9.36 Å². The highest BCUT2D eigenvalue weighted by Crippen LogP contribution is 2.26. The molecule has 0 heterocycles. The minimum absolute atomic E-state index is 0.0376. The van der Waals surface area contributed by atoms with Gasteiger partial charge in [-0.1, -0.05) is 79.8 Å². The summed E-state index contributed by atoms with van der Waals surface area (Å²) >= 11 is 0. The molecule has 0 saturated carbocycles. The molecule has 31 heavy (non-hydrogen) atoms. The molecule has 0 aliphatic carbocycles. The van der Waals surface area contributed by atoms with E-state index >= 15 is 0 Å². The fourth-order valence-electron chi connectivity index (χ4n) is 2.35. The lowest BCUT2D eigenvalue weighted by Gasteiger charge is -2.07. The Balaban J connectivity index is 3.59. The van der Waals surface area contributed by atoms with E-state index in [0.717, 1.165) is 38.5 Å². The zero-order chi connectivity index (χ0) is 23.0. The fourth-order valence-corrected chi connectivity index (χ4v) is 2.75. The van der Waals surface area contributed by atoms with Crippen LogP contribution < -0.4 is 10.4 Å². The van der Waals surface area contributed by atoms with Crippen LogP contribution in [-0.4, -0.2) is 28.8 Å². The zero-order valence-corrected chi connectivity index (χ0v) is 19.6. The first-order valence-corrected chi connectivity index (χ1v) is 12.5. The van der Waals surface area contributed by atoms with E-state index < -0.39 is 7.75 Å². The first-order chi connectivity index (χ1) is 15.0. The Morgan fingerprint density at radius 1 is 0.710 bits per heavy atom. The van der Waals surface area contributed by atoms with Crippen molar-refractivity contribution < 1.29 is 19.1 Å². The molecule has 7 heteroatoms. The lowest BCUT2D eigenvalue weighted by atomic mass is 10.2. The summed E-state index contributed by atoms with van der Waals surface area (Å²) in [5, 5.41) is 4.63. The van der Waals surface area contributed by atoms with Gasteiger partial charge in [0.05, 0.1) is 0 Å². The molecule has 0 unspecified atom stereocenters. The number of rotatable bonds is 18. The maximum Gasteiger partial charge on any atom is 0.400 e. The van der Waals surface area contributed by atoms with Crippen LogP contribution in [0.2, 0.25) is 0 Å². The Bertz CT molecular complexity index is 673. The minimum atomic E-state index is -4.21. The molecule has 1 amide bonds. The van der Waals surface area contributed by atoms with Crippen molar-refractivity contribution in [2.45, 2.75) is 58.3 Å². The van der Waals surface area contributed by atoms with Crippen LogP contribution in [-0.2, 0) is 9.36 Å². The predicted molar refractivity (Wildman–Crippen MR) is 131 cm³/mol. The summed E-state index contributed by atoms with van der Waals surface area (Å²) in [6.07, 6.45) is 32.4. The largest absolute Gasteiger partial charge is 0.400 e. The molecule has 0 aliphatic rings. The van der Waals surface area contributed by atoms with Crippen molar-refractivity contribution in [3.63, 3.8) is 0 Å². The Kier molecular flexibility index (Phi) is 19.9. The standard InChI is InChI=1S/C24H39N2O4P/c1-2-3-4-5-6-7-8-9-10-11-12-13-14-15-16-17-18-19-20-21-24(27)25-22-23-26-31(28,29)30/h3-4,6-7,9-10,12-13,15-16,18-19H,2,5,8,11,14,17,20-23H2,1H3,(H,25,27)(H3,26,28,29,30)/b4-3-,7-6-,10-9-,13-12-,16-15-,19-18-. The number of carbonyl (C=O) groups is 1. The van der Waals surface area contributed by atoms with Gasteiger partial charge >= 0.3 is 7.75 Å². The second kappa shape index (κ2) is 21.3. The molecule has 0 bridgehead atoms. The second-order valence-electron chi connectivity index (χ2n) is 6.76. The molecular formula is C24H39N2O4P. The SMILES string of the molecule is CC/C=C\C/C=C\C/C=C\C/C=C\C/C=C\C/C=C\CCC(=O)NCCNP(=O)(O)O. The molecule has 0 aromatic heterocycles. The molecule has 174 valence electrons. The summed E-state index contributed by atoms with van der Waals surface area (Å²) in [5.41, 5.74) is 0. The molecule has 0 aromatic rings. The van der Waals surface area contributed by atoms with Crippen molar-refractivity contribution in [2.24, 2.45) is 0 Å². The van der Waals surface area contributed by atoms with E-state index in [2.05, 4.69) is 73.0 Å². The van der Waals surface area contributed by atoms with Crippen molar-refractivity contribution in [1.29, 1.82) is 0 Å². The highest BCUT2D eigenvalue weighted by molar-refractivity contribution is 7.49. The van der Waals surface area contributed by atoms with Gasteiger partial charge in [-0.15, -0.1) is 0 Å². The third kappa shape index (κ3) is 26.0. The van der Waals surface area contributed by atoms with Gasteiger partial charge in [-0.25, -0.2) is 9.65 Å². The molecule has 0 spiro atoms. The molecule has 6 nitrogen and oxygen atoms in total. The average Bonchev–Trinajstić information content (AvgIpc) is 2.72. The topological polar surface area (TPSA) is 98.7 Å². The minimum Gasteiger partial charge on any atom is -0.355 e. The average molecular weight is 451 g/mol. The highest BCUT2D eigenvalue weighted by atomic mass is 31.2. The lowest BCUT2D eigenvalue weighted by molar-refractivity contribution is -0.120. The molecule has 0 radical (unpaired) electrons. The van der Waals surface area contributed by atoms with Crippen LogP contribution in [0.1, 0.15) is 58.3 Å². The Labute approximate surface area is 187 Å². The predicted octanol–water partition coefficient (Wildman–Crippen LogP) is 5.26. The van der Waals surface area contributed by atoms with Crippen molar-refractivity contribution >= 4 is 13.7 Å². The number of hydrogen-bond donors (Lipinski definition) is 4. The number of carbonyl (C=O) groups excluding carboxylic acids is 1. The fraction of sp³-hybridized carbons (Fsp3) is 0.458. The summed E-state index contributed by atoms with van der Waals surface area (Å²) < 4.78 is 10.6. The summed E-state index contributed by atoms with van der Waals surface area (Å²) in [5.74, 6) is -0.132. The summed E-state index contributed by atoms with van der Waals surface area (Å²) in [4.78, 5) is 28.8. The molecule has 0 saturated heterocycles. The van der Waals surface area contributed by atoms with E-state index in [-0.39, 0.29) is 19.0 Å². The number of allylic oxidation sites excluding steroid dienone is 12. The maximum absolute atomic E-state index is 11.6. The van der Waals surface area contributed by atoms with E-state index in [1.807, 2.05) is 17.2 Å². The van der Waals surface area contributed by atoms with Gasteiger partial charge in [-0.05, 0) is 44.9 Å². The Hall–Kier alpha value is -1.98. The van der Waals surface area contributed by atoms with Gasteiger partial charge < -0.3 is 15.1 Å². The van der Waals surface area contributed by atoms with Crippen LogP contribution in [0, 0.1) is 0 Å². The summed E-state index contributed by atoms with van der Waals surface area (Å²) in [7, 11) is -4.21. The van der Waals surface area contributed by atoms with Gasteiger partial charge in [0.1, 0.15) is 0 Å². The first-order valence-electron chi connectivity index (χ1n) is 10.9. The van der Waals surface area contributed by atoms with Gasteiger partial charge in [0.2, 0.25) is 5.91 Å². The Morgan fingerprint density at radius 3 is 1.55 bits per heavy atom. The lowest BCUT2D eigenvalue weighted by Crippen LogP contribution is -2.30. The molecule has 4 N–H and O–H groups in total. The van der Waals surface area contributed by atoms with Gasteiger partial charge in [0.15, 0.2) is 0 Å². The van der Waals surface area contributed by atoms with E-state index in [0.29, 0.717) is 12.8 Å².